The van der Waals surface area contributed by atoms with Crippen molar-refractivity contribution in [3.63, 3.8) is 0 Å². The molecule has 3 rings (SSSR count). The molecule has 0 saturated carbocycles. The summed E-state index contributed by atoms with van der Waals surface area (Å²) < 4.78 is 24.7. The number of aromatic nitrogens is 3. The number of likely N-dealkylation sites (tertiary alicyclic amines) is 1. The van der Waals surface area contributed by atoms with Crippen LogP contribution in [0.4, 0.5) is 0 Å². The van der Waals surface area contributed by atoms with Crippen molar-refractivity contribution in [2.24, 2.45) is 0 Å². The summed E-state index contributed by atoms with van der Waals surface area (Å²) in [5.41, 5.74) is 1.16. The zero-order valence-corrected chi connectivity index (χ0v) is 14.3. The van der Waals surface area contributed by atoms with Gasteiger partial charge in [0, 0.05) is 24.9 Å². The normalized spacial score (nSPS) is 18.5. The first-order chi connectivity index (χ1) is 11.4. The molecule has 2 aromatic rings. The van der Waals surface area contributed by atoms with E-state index in [0.717, 1.165) is 12.8 Å². The predicted octanol–water partition coefficient (Wildman–Crippen LogP) is 1.30. The van der Waals surface area contributed by atoms with Crippen LogP contribution in [0.25, 0.3) is 0 Å². The quantitative estimate of drug-likeness (QED) is 0.831. The van der Waals surface area contributed by atoms with Gasteiger partial charge in [-0.2, -0.15) is 5.10 Å². The second-order valence-corrected chi connectivity index (χ2v) is 8.33. The zero-order chi connectivity index (χ0) is 17.2. The fraction of sp³-hybridized carbons (Fsp3) is 0.438. The molecule has 1 aliphatic heterocycles. The van der Waals surface area contributed by atoms with Crippen molar-refractivity contribution < 1.29 is 13.2 Å². The number of carbonyl (C=O) groups is 1. The van der Waals surface area contributed by atoms with Crippen LogP contribution in [0.1, 0.15) is 34.8 Å². The van der Waals surface area contributed by atoms with Crippen LogP contribution in [-0.2, 0) is 15.6 Å². The van der Waals surface area contributed by atoms with Gasteiger partial charge >= 0.3 is 0 Å². The highest BCUT2D eigenvalue weighted by Crippen LogP contribution is 2.22. The van der Waals surface area contributed by atoms with E-state index in [1.807, 2.05) is 0 Å². The third kappa shape index (κ3) is 4.00. The molecule has 1 aliphatic rings. The van der Waals surface area contributed by atoms with Gasteiger partial charge in [-0.25, -0.2) is 18.1 Å². The van der Waals surface area contributed by atoms with Gasteiger partial charge in [-0.15, -0.1) is 0 Å². The molecule has 0 bridgehead atoms. The number of piperidine rings is 1. The van der Waals surface area contributed by atoms with Gasteiger partial charge in [0.05, 0.1) is 11.8 Å². The molecule has 1 fully saturated rings. The Balaban J connectivity index is 1.75. The van der Waals surface area contributed by atoms with E-state index in [2.05, 4.69) is 10.1 Å². The molecule has 0 radical (unpaired) electrons. The van der Waals surface area contributed by atoms with E-state index in [1.165, 1.54) is 12.6 Å². The van der Waals surface area contributed by atoms with Crippen LogP contribution >= 0.6 is 0 Å². The second kappa shape index (κ2) is 6.72. The molecule has 1 saturated heterocycles. The smallest absolute Gasteiger partial charge is 0.253 e. The van der Waals surface area contributed by atoms with Crippen molar-refractivity contribution in [2.45, 2.75) is 24.6 Å². The highest BCUT2D eigenvalue weighted by atomic mass is 32.2. The van der Waals surface area contributed by atoms with Crippen LogP contribution in [0.5, 0.6) is 0 Å². The molecule has 1 aromatic heterocycles. The van der Waals surface area contributed by atoms with E-state index in [9.17, 15) is 13.2 Å². The summed E-state index contributed by atoms with van der Waals surface area (Å²) in [5.74, 6) is -0.134. The summed E-state index contributed by atoms with van der Waals surface area (Å²) in [6, 6.07) is 6.98. The first kappa shape index (κ1) is 16.6. The molecule has 0 N–H and O–H groups in total. The number of rotatable bonds is 4. The maximum atomic E-state index is 12.8. The Hall–Kier alpha value is -2.22. The summed E-state index contributed by atoms with van der Waals surface area (Å²) >= 11 is 0. The van der Waals surface area contributed by atoms with Gasteiger partial charge in [-0.1, -0.05) is 12.1 Å². The minimum Gasteiger partial charge on any atom is -0.337 e. The monoisotopic (exact) mass is 348 g/mol. The van der Waals surface area contributed by atoms with Gasteiger partial charge in [-0.3, -0.25) is 4.79 Å². The third-order valence-corrected chi connectivity index (χ3v) is 4.95. The van der Waals surface area contributed by atoms with Gasteiger partial charge in [0.1, 0.15) is 12.7 Å². The lowest BCUT2D eigenvalue weighted by Gasteiger charge is -2.32. The Labute approximate surface area is 141 Å². The predicted molar refractivity (Wildman–Crippen MR) is 89.2 cm³/mol. The average Bonchev–Trinajstić information content (AvgIpc) is 3.07. The minimum atomic E-state index is -3.13. The number of nitrogens with zero attached hydrogens (tertiary/aromatic N) is 4. The van der Waals surface area contributed by atoms with E-state index < -0.39 is 9.84 Å². The van der Waals surface area contributed by atoms with E-state index in [4.69, 9.17) is 0 Å². The van der Waals surface area contributed by atoms with Gasteiger partial charge in [0.25, 0.3) is 5.91 Å². The standard InChI is InChI=1S/C16H20N4O3S/c1-24(22,23)10-13-4-2-5-14(8-13)16(21)19-7-3-6-15(9-19)20-12-17-11-18-20/h2,4-5,8,11-12,15H,3,6-7,9-10H2,1H3/t15-/m0/s1. The molecule has 1 aromatic carbocycles. The summed E-state index contributed by atoms with van der Waals surface area (Å²) in [5, 5.41) is 4.16. The fourth-order valence-corrected chi connectivity index (χ4v) is 3.83. The van der Waals surface area contributed by atoms with Crippen LogP contribution < -0.4 is 0 Å². The van der Waals surface area contributed by atoms with Crippen molar-refractivity contribution in [2.75, 3.05) is 19.3 Å². The molecule has 128 valence electrons. The Morgan fingerprint density at radius 2 is 2.21 bits per heavy atom. The van der Waals surface area contributed by atoms with E-state index in [1.54, 1.807) is 40.2 Å². The number of hydrogen-bond donors (Lipinski definition) is 0. The van der Waals surface area contributed by atoms with Gasteiger partial charge in [0.15, 0.2) is 9.84 Å². The number of sulfone groups is 1. The van der Waals surface area contributed by atoms with Crippen molar-refractivity contribution >= 4 is 15.7 Å². The van der Waals surface area contributed by atoms with Gasteiger partial charge in [0.2, 0.25) is 0 Å². The van der Waals surface area contributed by atoms with Crippen LogP contribution in [0.3, 0.4) is 0 Å². The molecule has 2 heterocycles. The lowest BCUT2D eigenvalue weighted by atomic mass is 10.0. The second-order valence-electron chi connectivity index (χ2n) is 6.19. The number of hydrogen-bond acceptors (Lipinski definition) is 5. The van der Waals surface area contributed by atoms with Crippen LogP contribution in [-0.4, -0.2) is 53.3 Å². The topological polar surface area (TPSA) is 85.2 Å². The van der Waals surface area contributed by atoms with Crippen molar-refractivity contribution in [1.82, 2.24) is 19.7 Å². The molecule has 0 aliphatic carbocycles. The van der Waals surface area contributed by atoms with Crippen LogP contribution in [0.2, 0.25) is 0 Å². The van der Waals surface area contributed by atoms with E-state index >= 15 is 0 Å². The maximum Gasteiger partial charge on any atom is 0.253 e. The molecule has 1 atom stereocenters. The molecule has 7 nitrogen and oxygen atoms in total. The molecule has 0 spiro atoms. The summed E-state index contributed by atoms with van der Waals surface area (Å²) in [4.78, 5) is 18.5. The highest BCUT2D eigenvalue weighted by molar-refractivity contribution is 7.89. The Morgan fingerprint density at radius 1 is 1.38 bits per heavy atom. The Bertz CT molecular complexity index is 818. The van der Waals surface area contributed by atoms with Gasteiger partial charge < -0.3 is 4.90 Å². The zero-order valence-electron chi connectivity index (χ0n) is 13.5. The largest absolute Gasteiger partial charge is 0.337 e. The van der Waals surface area contributed by atoms with Crippen LogP contribution in [0.15, 0.2) is 36.9 Å². The Morgan fingerprint density at radius 3 is 2.92 bits per heavy atom. The number of amides is 1. The lowest BCUT2D eigenvalue weighted by Crippen LogP contribution is -2.40. The molecular formula is C16H20N4O3S. The third-order valence-electron chi connectivity index (χ3n) is 4.10. The van der Waals surface area contributed by atoms with Crippen molar-refractivity contribution in [3.05, 3.63) is 48.0 Å². The maximum absolute atomic E-state index is 12.8. The summed E-state index contributed by atoms with van der Waals surface area (Å²) in [6.07, 6.45) is 6.22. The van der Waals surface area contributed by atoms with Crippen molar-refractivity contribution in [1.29, 1.82) is 0 Å². The first-order valence-electron chi connectivity index (χ1n) is 7.82. The molecule has 24 heavy (non-hydrogen) atoms. The van der Waals surface area contributed by atoms with Crippen LogP contribution in [0, 0.1) is 0 Å². The first-order valence-corrected chi connectivity index (χ1v) is 9.88. The van der Waals surface area contributed by atoms with E-state index in [-0.39, 0.29) is 17.7 Å². The lowest BCUT2D eigenvalue weighted by molar-refractivity contribution is 0.0672. The Kier molecular flexibility index (Phi) is 4.66. The van der Waals surface area contributed by atoms with Crippen molar-refractivity contribution in [3.8, 4) is 0 Å². The average molecular weight is 348 g/mol. The number of benzene rings is 1. The fourth-order valence-electron chi connectivity index (χ4n) is 3.04. The minimum absolute atomic E-state index is 0.0598. The highest BCUT2D eigenvalue weighted by Gasteiger charge is 2.26. The number of carbonyl (C=O) groups excluding carboxylic acids is 1. The molecule has 0 unspecified atom stereocenters. The van der Waals surface area contributed by atoms with Gasteiger partial charge in [-0.05, 0) is 30.5 Å². The molecular weight excluding hydrogens is 328 g/mol. The SMILES string of the molecule is CS(=O)(=O)Cc1cccc(C(=O)N2CCC[C@H](n3cncn3)C2)c1. The van der Waals surface area contributed by atoms with E-state index in [0.29, 0.717) is 24.2 Å². The molecule has 8 heteroatoms. The summed E-state index contributed by atoms with van der Waals surface area (Å²) in [7, 11) is -3.13. The molecule has 1 amide bonds. The summed E-state index contributed by atoms with van der Waals surface area (Å²) in [6.45, 7) is 1.28.